The lowest BCUT2D eigenvalue weighted by Gasteiger charge is -2.32. The summed E-state index contributed by atoms with van der Waals surface area (Å²) in [7, 11) is 2.11. The number of hydrogen-bond donors (Lipinski definition) is 0. The van der Waals surface area contributed by atoms with Crippen molar-refractivity contribution in [3.05, 3.63) is 29.6 Å². The lowest BCUT2D eigenvalue weighted by molar-refractivity contribution is 0.132. The third-order valence-electron chi connectivity index (χ3n) is 3.32. The van der Waals surface area contributed by atoms with E-state index < -0.39 is 5.82 Å². The van der Waals surface area contributed by atoms with Crippen molar-refractivity contribution in [3.63, 3.8) is 0 Å². The standard InChI is InChI=1S/C14H18FN3O/c1-17-4-6-18(7-5-17)8-9-19-14-3-2-12(11-16)10-13(14)15/h2-3,10H,4-9H2,1H3. The number of halogens is 1. The van der Waals surface area contributed by atoms with E-state index in [0.717, 1.165) is 32.7 Å². The van der Waals surface area contributed by atoms with Gasteiger partial charge in [0.1, 0.15) is 6.61 Å². The van der Waals surface area contributed by atoms with Gasteiger partial charge < -0.3 is 9.64 Å². The Morgan fingerprint density at radius 2 is 2.05 bits per heavy atom. The number of benzene rings is 1. The Morgan fingerprint density at radius 3 is 2.68 bits per heavy atom. The highest BCUT2D eigenvalue weighted by atomic mass is 19.1. The Balaban J connectivity index is 1.78. The predicted molar refractivity (Wildman–Crippen MR) is 70.5 cm³/mol. The van der Waals surface area contributed by atoms with Crippen molar-refractivity contribution in [2.45, 2.75) is 0 Å². The molecule has 2 rings (SSSR count). The van der Waals surface area contributed by atoms with Gasteiger partial charge in [-0.1, -0.05) is 0 Å². The molecule has 0 saturated carbocycles. The molecule has 1 heterocycles. The molecule has 1 saturated heterocycles. The van der Waals surface area contributed by atoms with Crippen molar-refractivity contribution in [1.29, 1.82) is 5.26 Å². The van der Waals surface area contributed by atoms with Gasteiger partial charge in [0, 0.05) is 32.7 Å². The van der Waals surface area contributed by atoms with Crippen molar-refractivity contribution >= 4 is 0 Å². The molecule has 0 unspecified atom stereocenters. The largest absolute Gasteiger partial charge is 0.489 e. The second-order valence-corrected chi connectivity index (χ2v) is 4.75. The van der Waals surface area contributed by atoms with Crippen LogP contribution in [-0.4, -0.2) is 56.2 Å². The molecule has 1 aromatic rings. The number of nitrogens with zero attached hydrogens (tertiary/aromatic N) is 3. The summed E-state index contributed by atoms with van der Waals surface area (Å²) in [5, 5.41) is 8.65. The van der Waals surface area contributed by atoms with Crippen LogP contribution in [0.25, 0.3) is 0 Å². The highest BCUT2D eigenvalue weighted by molar-refractivity contribution is 5.35. The van der Waals surface area contributed by atoms with Gasteiger partial charge in [0.25, 0.3) is 0 Å². The minimum atomic E-state index is -0.475. The van der Waals surface area contributed by atoms with Crippen molar-refractivity contribution in [3.8, 4) is 11.8 Å². The van der Waals surface area contributed by atoms with E-state index in [-0.39, 0.29) is 5.75 Å². The van der Waals surface area contributed by atoms with Gasteiger partial charge in [-0.05, 0) is 25.2 Å². The van der Waals surface area contributed by atoms with Gasteiger partial charge in [-0.3, -0.25) is 4.90 Å². The highest BCUT2D eigenvalue weighted by Crippen LogP contribution is 2.17. The Bertz CT molecular complexity index is 464. The van der Waals surface area contributed by atoms with Gasteiger partial charge in [0.05, 0.1) is 11.6 Å². The van der Waals surface area contributed by atoms with Crippen LogP contribution in [0.1, 0.15) is 5.56 Å². The number of hydrogen-bond acceptors (Lipinski definition) is 4. The molecule has 0 amide bonds. The molecular weight excluding hydrogens is 245 g/mol. The molecule has 0 radical (unpaired) electrons. The van der Waals surface area contributed by atoms with Gasteiger partial charge in [-0.2, -0.15) is 5.26 Å². The minimum Gasteiger partial charge on any atom is -0.489 e. The van der Waals surface area contributed by atoms with Crippen LogP contribution in [0.3, 0.4) is 0 Å². The fraction of sp³-hybridized carbons (Fsp3) is 0.500. The summed E-state index contributed by atoms with van der Waals surface area (Å²) in [4.78, 5) is 4.60. The van der Waals surface area contributed by atoms with Crippen LogP contribution in [0.2, 0.25) is 0 Å². The van der Waals surface area contributed by atoms with E-state index in [2.05, 4.69) is 16.8 Å². The van der Waals surface area contributed by atoms with Crippen LogP contribution in [0, 0.1) is 17.1 Å². The molecule has 1 aliphatic heterocycles. The first-order valence-corrected chi connectivity index (χ1v) is 6.42. The molecule has 1 aliphatic rings. The zero-order valence-corrected chi connectivity index (χ0v) is 11.1. The average molecular weight is 263 g/mol. The van der Waals surface area contributed by atoms with E-state index in [1.807, 2.05) is 6.07 Å². The minimum absolute atomic E-state index is 0.216. The maximum atomic E-state index is 13.6. The number of rotatable bonds is 4. The lowest BCUT2D eigenvalue weighted by Crippen LogP contribution is -2.45. The summed E-state index contributed by atoms with van der Waals surface area (Å²) in [6.07, 6.45) is 0. The fourth-order valence-electron chi connectivity index (χ4n) is 2.04. The maximum Gasteiger partial charge on any atom is 0.166 e. The van der Waals surface area contributed by atoms with E-state index >= 15 is 0 Å². The molecule has 102 valence electrons. The lowest BCUT2D eigenvalue weighted by atomic mass is 10.2. The van der Waals surface area contributed by atoms with Crippen LogP contribution in [0.4, 0.5) is 4.39 Å². The molecule has 1 aromatic carbocycles. The van der Waals surface area contributed by atoms with Crippen LogP contribution in [-0.2, 0) is 0 Å². The Labute approximate surface area is 113 Å². The quantitative estimate of drug-likeness (QED) is 0.821. The predicted octanol–water partition coefficient (Wildman–Crippen LogP) is 1.32. The monoisotopic (exact) mass is 263 g/mol. The second-order valence-electron chi connectivity index (χ2n) is 4.75. The molecule has 0 spiro atoms. The molecule has 0 bridgehead atoms. The normalized spacial score (nSPS) is 17.1. The van der Waals surface area contributed by atoms with E-state index in [0.29, 0.717) is 12.2 Å². The Morgan fingerprint density at radius 1 is 1.32 bits per heavy atom. The molecule has 0 N–H and O–H groups in total. The van der Waals surface area contributed by atoms with E-state index in [1.54, 1.807) is 6.07 Å². The third-order valence-corrected chi connectivity index (χ3v) is 3.32. The number of piperazine rings is 1. The van der Waals surface area contributed by atoms with E-state index in [1.165, 1.54) is 12.1 Å². The molecular formula is C14H18FN3O. The fourth-order valence-corrected chi connectivity index (χ4v) is 2.04. The first kappa shape index (κ1) is 13.8. The van der Waals surface area contributed by atoms with E-state index in [4.69, 9.17) is 10.00 Å². The first-order chi connectivity index (χ1) is 9.19. The van der Waals surface area contributed by atoms with Gasteiger partial charge >= 0.3 is 0 Å². The van der Waals surface area contributed by atoms with Crippen molar-refractivity contribution in [2.75, 3.05) is 46.4 Å². The van der Waals surface area contributed by atoms with Crippen molar-refractivity contribution in [2.24, 2.45) is 0 Å². The van der Waals surface area contributed by atoms with E-state index in [9.17, 15) is 4.39 Å². The SMILES string of the molecule is CN1CCN(CCOc2ccc(C#N)cc2F)CC1. The smallest absolute Gasteiger partial charge is 0.166 e. The highest BCUT2D eigenvalue weighted by Gasteiger charge is 2.13. The number of likely N-dealkylation sites (N-methyl/N-ethyl adjacent to an activating group) is 1. The zero-order valence-electron chi connectivity index (χ0n) is 11.1. The number of nitriles is 1. The van der Waals surface area contributed by atoms with Gasteiger partial charge in [0.2, 0.25) is 0 Å². The topological polar surface area (TPSA) is 39.5 Å². The summed E-state index contributed by atoms with van der Waals surface area (Å²) < 4.78 is 19.0. The molecule has 5 heteroatoms. The second kappa shape index (κ2) is 6.50. The third kappa shape index (κ3) is 3.91. The molecule has 4 nitrogen and oxygen atoms in total. The van der Waals surface area contributed by atoms with Crippen LogP contribution < -0.4 is 4.74 Å². The Kier molecular flexibility index (Phi) is 4.72. The van der Waals surface area contributed by atoms with Crippen LogP contribution >= 0.6 is 0 Å². The Hall–Kier alpha value is -1.64. The maximum absolute atomic E-state index is 13.6. The summed E-state index contributed by atoms with van der Waals surface area (Å²) in [6.45, 7) is 5.43. The molecule has 1 fully saturated rings. The van der Waals surface area contributed by atoms with Crippen LogP contribution in [0.15, 0.2) is 18.2 Å². The molecule has 19 heavy (non-hydrogen) atoms. The molecule has 0 atom stereocenters. The van der Waals surface area contributed by atoms with Gasteiger partial charge in [0.15, 0.2) is 11.6 Å². The number of ether oxygens (including phenoxy) is 1. The molecule has 0 aromatic heterocycles. The average Bonchev–Trinajstić information content (AvgIpc) is 2.42. The van der Waals surface area contributed by atoms with Gasteiger partial charge in [-0.25, -0.2) is 4.39 Å². The first-order valence-electron chi connectivity index (χ1n) is 6.42. The summed E-state index contributed by atoms with van der Waals surface area (Å²) in [5.41, 5.74) is 0.309. The summed E-state index contributed by atoms with van der Waals surface area (Å²) in [5.74, 6) is -0.259. The van der Waals surface area contributed by atoms with Gasteiger partial charge in [-0.15, -0.1) is 0 Å². The molecule has 0 aliphatic carbocycles. The summed E-state index contributed by atoms with van der Waals surface area (Å²) in [6, 6.07) is 6.17. The zero-order chi connectivity index (χ0) is 13.7. The summed E-state index contributed by atoms with van der Waals surface area (Å²) >= 11 is 0. The van der Waals surface area contributed by atoms with Crippen molar-refractivity contribution < 1.29 is 9.13 Å². The van der Waals surface area contributed by atoms with Crippen LogP contribution in [0.5, 0.6) is 5.75 Å². The van der Waals surface area contributed by atoms with Crippen molar-refractivity contribution in [1.82, 2.24) is 9.80 Å².